The molecule has 1 aliphatic rings. The summed E-state index contributed by atoms with van der Waals surface area (Å²) >= 11 is 1.58. The standard InChI is InChI=1S/C22H33FO3S/c1-7-8-17(23)26-20(21(24)25)19-14(3)27-13(2)18(19)15-9-11-16(12-10-15)22(4,5)6/h9,16-17,20H,7-8,10-12H2,1-6H3,(H,24,25). The number of rotatable bonds is 7. The highest BCUT2D eigenvalue weighted by molar-refractivity contribution is 7.12. The Morgan fingerprint density at radius 3 is 2.52 bits per heavy atom. The number of allylic oxidation sites excluding steroid dienone is 2. The van der Waals surface area contributed by atoms with Gasteiger partial charge in [0.25, 0.3) is 0 Å². The number of hydrogen-bond donors (Lipinski definition) is 1. The van der Waals surface area contributed by atoms with Crippen molar-refractivity contribution in [1.29, 1.82) is 0 Å². The quantitative estimate of drug-likeness (QED) is 0.549. The van der Waals surface area contributed by atoms with Gasteiger partial charge in [0, 0.05) is 21.7 Å². The van der Waals surface area contributed by atoms with E-state index in [1.165, 1.54) is 5.57 Å². The van der Waals surface area contributed by atoms with E-state index >= 15 is 0 Å². The summed E-state index contributed by atoms with van der Waals surface area (Å²) in [6.45, 7) is 12.6. The SMILES string of the molecule is CCCC(F)OC(C(=O)O)c1c(C)sc(C)c1C1=CCC(C(C)(C)C)CC1. The van der Waals surface area contributed by atoms with Crippen LogP contribution in [0.25, 0.3) is 5.57 Å². The highest BCUT2D eigenvalue weighted by atomic mass is 32.1. The van der Waals surface area contributed by atoms with Crippen molar-refractivity contribution in [3.8, 4) is 0 Å². The number of aliphatic carboxylic acids is 1. The number of hydrogen-bond acceptors (Lipinski definition) is 3. The average Bonchev–Trinajstić information content (AvgIpc) is 2.86. The Morgan fingerprint density at radius 1 is 1.37 bits per heavy atom. The molecule has 0 fully saturated rings. The maximum Gasteiger partial charge on any atom is 0.337 e. The third kappa shape index (κ3) is 5.20. The molecular weight excluding hydrogens is 363 g/mol. The molecule has 27 heavy (non-hydrogen) atoms. The molecular formula is C22H33FO3S. The van der Waals surface area contributed by atoms with Gasteiger partial charge in [0.05, 0.1) is 0 Å². The van der Waals surface area contributed by atoms with Gasteiger partial charge in [-0.15, -0.1) is 11.3 Å². The van der Waals surface area contributed by atoms with E-state index in [1.807, 2.05) is 20.8 Å². The van der Waals surface area contributed by atoms with E-state index in [0.717, 1.165) is 34.6 Å². The predicted octanol–water partition coefficient (Wildman–Crippen LogP) is 6.83. The molecule has 1 heterocycles. The summed E-state index contributed by atoms with van der Waals surface area (Å²) in [5, 5.41) is 9.74. The summed E-state index contributed by atoms with van der Waals surface area (Å²) in [5.41, 5.74) is 3.07. The number of thiophene rings is 1. The first-order valence-corrected chi connectivity index (χ1v) is 10.7. The van der Waals surface area contributed by atoms with Gasteiger partial charge in [-0.2, -0.15) is 0 Å². The lowest BCUT2D eigenvalue weighted by molar-refractivity contribution is -0.164. The normalized spacial score (nSPS) is 20.3. The molecule has 0 amide bonds. The summed E-state index contributed by atoms with van der Waals surface area (Å²) < 4.78 is 19.5. The number of aryl methyl sites for hydroxylation is 2. The van der Waals surface area contributed by atoms with E-state index in [1.54, 1.807) is 11.3 Å². The van der Waals surface area contributed by atoms with E-state index in [4.69, 9.17) is 4.74 Å². The molecule has 0 saturated heterocycles. The van der Waals surface area contributed by atoms with Crippen LogP contribution in [-0.2, 0) is 9.53 Å². The van der Waals surface area contributed by atoms with Gasteiger partial charge in [0.2, 0.25) is 0 Å². The van der Waals surface area contributed by atoms with Crippen molar-refractivity contribution in [2.45, 2.75) is 86.1 Å². The Labute approximate surface area is 166 Å². The van der Waals surface area contributed by atoms with Crippen molar-refractivity contribution in [2.24, 2.45) is 11.3 Å². The van der Waals surface area contributed by atoms with Crippen molar-refractivity contribution in [3.63, 3.8) is 0 Å². The fourth-order valence-electron chi connectivity index (χ4n) is 3.96. The predicted molar refractivity (Wildman–Crippen MR) is 110 cm³/mol. The summed E-state index contributed by atoms with van der Waals surface area (Å²) in [6, 6.07) is 0. The first-order chi connectivity index (χ1) is 12.6. The summed E-state index contributed by atoms with van der Waals surface area (Å²) in [7, 11) is 0. The summed E-state index contributed by atoms with van der Waals surface area (Å²) in [5.74, 6) is -0.504. The third-order valence-corrected chi connectivity index (χ3v) is 6.59. The fraction of sp³-hybridized carbons (Fsp3) is 0.682. The van der Waals surface area contributed by atoms with E-state index < -0.39 is 18.4 Å². The van der Waals surface area contributed by atoms with Crippen molar-refractivity contribution in [1.82, 2.24) is 0 Å². The number of carboxylic acids is 1. The van der Waals surface area contributed by atoms with Gasteiger partial charge in [0.15, 0.2) is 12.5 Å². The number of carbonyl (C=O) groups is 1. The minimum Gasteiger partial charge on any atom is -0.479 e. The van der Waals surface area contributed by atoms with Crippen LogP contribution >= 0.6 is 11.3 Å². The van der Waals surface area contributed by atoms with Crippen LogP contribution in [0.3, 0.4) is 0 Å². The third-order valence-electron chi connectivity index (χ3n) is 5.55. The van der Waals surface area contributed by atoms with E-state index in [0.29, 0.717) is 17.9 Å². The largest absolute Gasteiger partial charge is 0.479 e. The number of halogens is 1. The Kier molecular flexibility index (Phi) is 7.26. The second kappa shape index (κ2) is 8.87. The summed E-state index contributed by atoms with van der Waals surface area (Å²) in [6.07, 6.45) is 3.26. The van der Waals surface area contributed by atoms with E-state index in [2.05, 4.69) is 26.8 Å². The van der Waals surface area contributed by atoms with E-state index in [9.17, 15) is 14.3 Å². The molecule has 1 aliphatic carbocycles. The molecule has 0 radical (unpaired) electrons. The van der Waals surface area contributed by atoms with Crippen molar-refractivity contribution < 1.29 is 19.0 Å². The number of ether oxygens (including phenoxy) is 1. The lowest BCUT2D eigenvalue weighted by Crippen LogP contribution is -2.23. The lowest BCUT2D eigenvalue weighted by Gasteiger charge is -2.33. The Bertz CT molecular complexity index is 699. The second-order valence-corrected chi connectivity index (χ2v) is 10.1. The second-order valence-electron chi connectivity index (χ2n) is 8.62. The molecule has 0 aliphatic heterocycles. The van der Waals surface area contributed by atoms with Crippen LogP contribution in [0.5, 0.6) is 0 Å². The molecule has 0 spiro atoms. The Morgan fingerprint density at radius 2 is 2.04 bits per heavy atom. The van der Waals surface area contributed by atoms with Crippen LogP contribution in [0.4, 0.5) is 4.39 Å². The maximum atomic E-state index is 14.1. The minimum absolute atomic E-state index is 0.206. The molecule has 1 N–H and O–H groups in total. The highest BCUT2D eigenvalue weighted by Crippen LogP contribution is 2.45. The van der Waals surface area contributed by atoms with Gasteiger partial charge in [-0.3, -0.25) is 0 Å². The minimum atomic E-state index is -1.56. The first-order valence-electron chi connectivity index (χ1n) is 9.87. The van der Waals surface area contributed by atoms with Crippen LogP contribution in [0.2, 0.25) is 0 Å². The van der Waals surface area contributed by atoms with Crippen LogP contribution < -0.4 is 0 Å². The molecule has 0 bridgehead atoms. The zero-order valence-corrected chi connectivity index (χ0v) is 18.2. The zero-order chi connectivity index (χ0) is 20.4. The molecule has 152 valence electrons. The molecule has 3 unspecified atom stereocenters. The molecule has 0 saturated carbocycles. The van der Waals surface area contributed by atoms with Crippen LogP contribution in [0.1, 0.15) is 86.8 Å². The number of carboxylic acid groups (broad SMARTS) is 1. The van der Waals surface area contributed by atoms with Gasteiger partial charge in [-0.05, 0) is 55.6 Å². The molecule has 0 aromatic carbocycles. The Hall–Kier alpha value is -1.20. The highest BCUT2D eigenvalue weighted by Gasteiger charge is 2.33. The van der Waals surface area contributed by atoms with Crippen molar-refractivity contribution >= 4 is 22.9 Å². The summed E-state index contributed by atoms with van der Waals surface area (Å²) in [4.78, 5) is 13.9. The number of alkyl halides is 1. The fourth-order valence-corrected chi connectivity index (χ4v) is 5.08. The van der Waals surface area contributed by atoms with Gasteiger partial charge in [-0.25, -0.2) is 9.18 Å². The van der Waals surface area contributed by atoms with Gasteiger partial charge in [0.1, 0.15) is 0 Å². The zero-order valence-electron chi connectivity index (χ0n) is 17.4. The molecule has 2 rings (SSSR count). The molecule has 3 nitrogen and oxygen atoms in total. The Balaban J connectivity index is 2.39. The van der Waals surface area contributed by atoms with Crippen molar-refractivity contribution in [3.05, 3.63) is 27.0 Å². The molecule has 1 aromatic rings. The average molecular weight is 397 g/mol. The first kappa shape index (κ1) is 22.1. The molecule has 3 atom stereocenters. The van der Waals surface area contributed by atoms with Crippen LogP contribution in [0.15, 0.2) is 6.08 Å². The van der Waals surface area contributed by atoms with Gasteiger partial charge < -0.3 is 9.84 Å². The maximum absolute atomic E-state index is 14.1. The van der Waals surface area contributed by atoms with Gasteiger partial charge in [-0.1, -0.05) is 40.2 Å². The topological polar surface area (TPSA) is 46.5 Å². The van der Waals surface area contributed by atoms with Crippen molar-refractivity contribution in [2.75, 3.05) is 0 Å². The monoisotopic (exact) mass is 396 g/mol. The molecule has 5 heteroatoms. The smallest absolute Gasteiger partial charge is 0.337 e. The van der Waals surface area contributed by atoms with Crippen LogP contribution in [-0.4, -0.2) is 17.4 Å². The van der Waals surface area contributed by atoms with Crippen LogP contribution in [0, 0.1) is 25.2 Å². The molecule has 1 aromatic heterocycles. The van der Waals surface area contributed by atoms with E-state index in [-0.39, 0.29) is 11.8 Å². The van der Waals surface area contributed by atoms with Gasteiger partial charge >= 0.3 is 5.97 Å². The lowest BCUT2D eigenvalue weighted by atomic mass is 9.72.